The van der Waals surface area contributed by atoms with Crippen LogP contribution in [0.1, 0.15) is 120 Å². The molecule has 16 heteroatoms. The molecule has 1 saturated carbocycles. The summed E-state index contributed by atoms with van der Waals surface area (Å²) < 4.78 is 30.0. The zero-order chi connectivity index (χ0) is 41.6. The summed E-state index contributed by atoms with van der Waals surface area (Å²) in [4.78, 5) is 55.2. The first-order chi connectivity index (χ1) is 25.9. The number of nitro groups is 1. The molecule has 1 aromatic carbocycles. The molecule has 2 heterocycles. The number of amides is 2. The van der Waals surface area contributed by atoms with Crippen LogP contribution in [0.3, 0.4) is 0 Å². The number of nitro benzene ring substituents is 1. The summed E-state index contributed by atoms with van der Waals surface area (Å²) in [5.74, 6) is 0.802. The van der Waals surface area contributed by atoms with Crippen molar-refractivity contribution in [2.24, 2.45) is 0 Å². The Morgan fingerprint density at radius 3 is 2.20 bits per heavy atom. The molecular weight excluding hydrogens is 724 g/mol. The number of rotatable bonds is 12. The summed E-state index contributed by atoms with van der Waals surface area (Å²) in [7, 11) is 0. The van der Waals surface area contributed by atoms with Crippen molar-refractivity contribution in [3.8, 4) is 11.6 Å². The van der Waals surface area contributed by atoms with Gasteiger partial charge < -0.3 is 29.0 Å². The van der Waals surface area contributed by atoms with E-state index in [2.05, 4.69) is 10.3 Å². The Hall–Kier alpha value is -5.41. The molecule has 0 bridgehead atoms. The third-order valence-electron chi connectivity index (χ3n) is 8.48. The van der Waals surface area contributed by atoms with Crippen molar-refractivity contribution in [3.05, 3.63) is 64.5 Å². The van der Waals surface area contributed by atoms with E-state index < -0.39 is 51.6 Å². The normalized spacial score (nSPS) is 16.1. The third-order valence-corrected chi connectivity index (χ3v) is 8.48. The first kappa shape index (κ1) is 43.3. The van der Waals surface area contributed by atoms with Crippen molar-refractivity contribution < 1.29 is 43.0 Å². The number of alkyl carbamates (subject to hydrolysis) is 1. The summed E-state index contributed by atoms with van der Waals surface area (Å²) >= 11 is 0. The van der Waals surface area contributed by atoms with Crippen LogP contribution < -0.4 is 19.7 Å². The molecule has 0 aliphatic heterocycles. The van der Waals surface area contributed by atoms with E-state index in [-0.39, 0.29) is 17.4 Å². The fraction of sp³-hybridized carbons (Fsp3) is 0.575. The average Bonchev–Trinajstić information content (AvgIpc) is 3.69. The summed E-state index contributed by atoms with van der Waals surface area (Å²) in [6.45, 7) is 20.9. The number of carbonyl (C=O) groups excluding carboxylic acids is 3. The van der Waals surface area contributed by atoms with Crippen LogP contribution >= 0.6 is 0 Å². The molecule has 1 N–H and O–H groups in total. The summed E-state index contributed by atoms with van der Waals surface area (Å²) in [6, 6.07) is 10.4. The SMILES string of the molecule is CC(C)(CCCOc1cc(N(C(=O)OC(C)(C)C)c2cc([C@H]3CC[C@@H](OC(=O)Oc4ccc([N+](=O)[O-])cc4)C3)nn2C(C)(C)C)ccn1)NC(=O)OC(C)(C)C. The Labute approximate surface area is 328 Å². The predicted molar refractivity (Wildman–Crippen MR) is 209 cm³/mol. The Morgan fingerprint density at radius 1 is 0.929 bits per heavy atom. The molecule has 0 spiro atoms. The number of anilines is 2. The van der Waals surface area contributed by atoms with E-state index in [9.17, 15) is 24.5 Å². The largest absolute Gasteiger partial charge is 0.514 e. The Balaban J connectivity index is 1.51. The lowest BCUT2D eigenvalue weighted by Gasteiger charge is -2.30. The molecule has 306 valence electrons. The summed E-state index contributed by atoms with van der Waals surface area (Å²) in [6.07, 6.45) is 2.01. The van der Waals surface area contributed by atoms with Gasteiger partial charge in [0.25, 0.3) is 5.69 Å². The van der Waals surface area contributed by atoms with Gasteiger partial charge in [-0.15, -0.1) is 0 Å². The summed E-state index contributed by atoms with van der Waals surface area (Å²) in [5, 5.41) is 18.8. The quantitative estimate of drug-likeness (QED) is 0.0459. The number of nitrogens with zero attached hydrogens (tertiary/aromatic N) is 5. The monoisotopic (exact) mass is 780 g/mol. The molecule has 2 amide bonds. The number of ether oxygens (including phenoxy) is 5. The van der Waals surface area contributed by atoms with Crippen molar-refractivity contribution in [1.82, 2.24) is 20.1 Å². The highest BCUT2D eigenvalue weighted by atomic mass is 16.7. The van der Waals surface area contributed by atoms with Crippen molar-refractivity contribution in [1.29, 1.82) is 0 Å². The van der Waals surface area contributed by atoms with Crippen molar-refractivity contribution in [3.63, 3.8) is 0 Å². The first-order valence-corrected chi connectivity index (χ1v) is 18.8. The second-order valence-electron chi connectivity index (χ2n) is 17.5. The molecule has 1 aliphatic carbocycles. The number of non-ortho nitro benzene ring substituents is 1. The van der Waals surface area contributed by atoms with Gasteiger partial charge in [0.05, 0.1) is 28.5 Å². The number of aromatic nitrogens is 3. The zero-order valence-corrected chi connectivity index (χ0v) is 34.3. The number of hydrogen-bond donors (Lipinski definition) is 1. The number of pyridine rings is 1. The molecule has 0 unspecified atom stereocenters. The van der Waals surface area contributed by atoms with Crippen LogP contribution in [-0.2, 0) is 19.7 Å². The number of carbonyl (C=O) groups is 3. The van der Waals surface area contributed by atoms with Gasteiger partial charge in [0.2, 0.25) is 5.88 Å². The summed E-state index contributed by atoms with van der Waals surface area (Å²) in [5.41, 5.74) is -1.47. The van der Waals surface area contributed by atoms with E-state index >= 15 is 0 Å². The number of benzene rings is 1. The fourth-order valence-corrected chi connectivity index (χ4v) is 6.04. The Kier molecular flexibility index (Phi) is 13.3. The minimum Gasteiger partial charge on any atom is -0.478 e. The highest BCUT2D eigenvalue weighted by Crippen LogP contribution is 2.40. The zero-order valence-electron chi connectivity index (χ0n) is 34.3. The van der Waals surface area contributed by atoms with E-state index in [0.717, 1.165) is 0 Å². The van der Waals surface area contributed by atoms with Gasteiger partial charge in [-0.05, 0) is 126 Å². The highest BCUT2D eigenvalue weighted by Gasteiger charge is 2.36. The second kappa shape index (κ2) is 17.2. The van der Waals surface area contributed by atoms with Gasteiger partial charge >= 0.3 is 18.3 Å². The standard InChI is InChI=1S/C40H56N6O10/c1-37(2,3)45-33(25-31(43-45)26-13-16-30(23-26)54-36(49)53-29-17-14-27(15-18-29)46(50)51)44(35(48)56-39(7,8)9)28-19-21-41-32(24-28)52-22-12-20-40(10,11)42-34(47)55-38(4,5)6/h14-15,17-19,21,24-26,30H,12-13,16,20,22-23H2,1-11H3,(H,42,47)/t26-,30+/m0/s1. The van der Waals surface area contributed by atoms with Crippen molar-refractivity contribution in [2.45, 2.75) is 143 Å². The molecular formula is C40H56N6O10. The van der Waals surface area contributed by atoms with Crippen LogP contribution in [0.4, 0.5) is 31.6 Å². The van der Waals surface area contributed by atoms with Crippen LogP contribution in [0.2, 0.25) is 0 Å². The maximum Gasteiger partial charge on any atom is 0.514 e. The van der Waals surface area contributed by atoms with Gasteiger partial charge in [0, 0.05) is 41.9 Å². The lowest BCUT2D eigenvalue weighted by molar-refractivity contribution is -0.384. The molecule has 2 aromatic heterocycles. The van der Waals surface area contributed by atoms with Crippen LogP contribution in [0.25, 0.3) is 0 Å². The van der Waals surface area contributed by atoms with E-state index in [1.54, 1.807) is 43.8 Å². The average molecular weight is 781 g/mol. The van der Waals surface area contributed by atoms with Crippen LogP contribution in [-0.4, -0.2) is 67.5 Å². The maximum atomic E-state index is 14.1. The van der Waals surface area contributed by atoms with Gasteiger partial charge in [-0.3, -0.25) is 10.1 Å². The number of nitrogens with one attached hydrogen (secondary N) is 1. The van der Waals surface area contributed by atoms with Crippen LogP contribution in [0.5, 0.6) is 11.6 Å². The molecule has 0 saturated heterocycles. The van der Waals surface area contributed by atoms with Gasteiger partial charge in [-0.1, -0.05) is 0 Å². The maximum absolute atomic E-state index is 14.1. The lowest BCUT2D eigenvalue weighted by atomic mass is 9.99. The topological polar surface area (TPSA) is 186 Å². The van der Waals surface area contributed by atoms with Gasteiger partial charge in [0.1, 0.15) is 28.9 Å². The number of hydrogen-bond acceptors (Lipinski definition) is 12. The molecule has 56 heavy (non-hydrogen) atoms. The van der Waals surface area contributed by atoms with Crippen molar-refractivity contribution in [2.75, 3.05) is 11.5 Å². The molecule has 16 nitrogen and oxygen atoms in total. The van der Waals surface area contributed by atoms with Gasteiger partial charge in [-0.25, -0.2) is 28.9 Å². The molecule has 1 aliphatic rings. The van der Waals surface area contributed by atoms with E-state index in [0.29, 0.717) is 61.8 Å². The molecule has 0 radical (unpaired) electrons. The van der Waals surface area contributed by atoms with E-state index in [1.807, 2.05) is 61.5 Å². The van der Waals surface area contributed by atoms with Gasteiger partial charge in [-0.2, -0.15) is 5.10 Å². The molecule has 4 rings (SSSR count). The highest BCUT2D eigenvalue weighted by molar-refractivity contribution is 5.95. The minimum atomic E-state index is -0.904. The lowest BCUT2D eigenvalue weighted by Crippen LogP contribution is -2.45. The fourth-order valence-electron chi connectivity index (χ4n) is 6.04. The second-order valence-corrected chi connectivity index (χ2v) is 17.5. The van der Waals surface area contributed by atoms with Crippen molar-refractivity contribution >= 4 is 35.5 Å². The Morgan fingerprint density at radius 2 is 1.59 bits per heavy atom. The minimum absolute atomic E-state index is 0.0968. The smallest absolute Gasteiger partial charge is 0.478 e. The van der Waals surface area contributed by atoms with Crippen LogP contribution in [0, 0.1) is 10.1 Å². The molecule has 2 atom stereocenters. The van der Waals surface area contributed by atoms with E-state index in [4.69, 9.17) is 28.8 Å². The van der Waals surface area contributed by atoms with E-state index in [1.165, 1.54) is 29.2 Å². The first-order valence-electron chi connectivity index (χ1n) is 18.8. The third kappa shape index (κ3) is 12.8. The van der Waals surface area contributed by atoms with Crippen LogP contribution in [0.15, 0.2) is 48.7 Å². The molecule has 1 fully saturated rings. The predicted octanol–water partition coefficient (Wildman–Crippen LogP) is 9.33. The molecule has 3 aromatic rings. The van der Waals surface area contributed by atoms with Gasteiger partial charge in [0.15, 0.2) is 0 Å². The Bertz CT molecular complexity index is 1850.